The number of phenolic OH excluding ortho intramolecular Hbond substituents is 1. The summed E-state index contributed by atoms with van der Waals surface area (Å²) < 4.78 is 5.90. The molecular formula is C16H11ClN2O3S. The lowest BCUT2D eigenvalue weighted by atomic mass is 10.2. The van der Waals surface area contributed by atoms with Crippen molar-refractivity contribution in [3.63, 3.8) is 0 Å². The number of aliphatic imine (C=N–C) groups is 1. The third-order valence-corrected chi connectivity index (χ3v) is 4.08. The molecule has 2 aromatic carbocycles. The predicted octanol–water partition coefficient (Wildman–Crippen LogP) is 4.33. The monoisotopic (exact) mass is 346 g/mol. The van der Waals surface area contributed by atoms with E-state index in [-0.39, 0.29) is 11.7 Å². The van der Waals surface area contributed by atoms with Gasteiger partial charge in [-0.15, -0.1) is 0 Å². The smallest absolute Gasteiger partial charge is 0.308 e. The fourth-order valence-electron chi connectivity index (χ4n) is 1.93. The van der Waals surface area contributed by atoms with Crippen LogP contribution in [-0.4, -0.2) is 22.3 Å². The third kappa shape index (κ3) is 3.67. The van der Waals surface area contributed by atoms with Crippen molar-refractivity contribution in [1.29, 1.82) is 0 Å². The second-order valence-electron chi connectivity index (χ2n) is 4.68. The predicted molar refractivity (Wildman–Crippen MR) is 91.3 cm³/mol. The molecule has 0 saturated heterocycles. The number of phenols is 1. The van der Waals surface area contributed by atoms with Crippen molar-refractivity contribution >= 4 is 50.5 Å². The molecule has 1 aromatic heterocycles. The molecule has 1 N–H and O–H groups in total. The van der Waals surface area contributed by atoms with Crippen LogP contribution in [0.15, 0.2) is 41.4 Å². The van der Waals surface area contributed by atoms with Gasteiger partial charge in [0.15, 0.2) is 0 Å². The Morgan fingerprint density at radius 2 is 2.17 bits per heavy atom. The van der Waals surface area contributed by atoms with Gasteiger partial charge in [-0.25, -0.2) is 9.98 Å². The molecule has 3 rings (SSSR count). The van der Waals surface area contributed by atoms with Crippen molar-refractivity contribution < 1.29 is 14.6 Å². The van der Waals surface area contributed by atoms with Gasteiger partial charge >= 0.3 is 5.97 Å². The highest BCUT2D eigenvalue weighted by molar-refractivity contribution is 7.22. The van der Waals surface area contributed by atoms with E-state index in [0.717, 1.165) is 10.2 Å². The van der Waals surface area contributed by atoms with E-state index >= 15 is 0 Å². The number of hydrogen-bond acceptors (Lipinski definition) is 6. The fraction of sp³-hybridized carbons (Fsp3) is 0.0625. The second-order valence-corrected chi connectivity index (χ2v) is 6.13. The van der Waals surface area contributed by atoms with Crippen LogP contribution >= 0.6 is 22.9 Å². The molecule has 0 radical (unpaired) electrons. The van der Waals surface area contributed by atoms with Gasteiger partial charge in [-0.3, -0.25) is 4.79 Å². The highest BCUT2D eigenvalue weighted by Gasteiger charge is 2.06. The van der Waals surface area contributed by atoms with E-state index in [1.807, 2.05) is 0 Å². The molecule has 5 nitrogen and oxygen atoms in total. The van der Waals surface area contributed by atoms with Crippen molar-refractivity contribution in [2.75, 3.05) is 0 Å². The van der Waals surface area contributed by atoms with Crippen molar-refractivity contribution in [1.82, 2.24) is 4.98 Å². The Bertz CT molecular complexity index is 921. The summed E-state index contributed by atoms with van der Waals surface area (Å²) in [6, 6.07) is 9.99. The van der Waals surface area contributed by atoms with Gasteiger partial charge in [0.1, 0.15) is 11.5 Å². The van der Waals surface area contributed by atoms with E-state index in [9.17, 15) is 9.90 Å². The van der Waals surface area contributed by atoms with Gasteiger partial charge in [-0.2, -0.15) is 0 Å². The summed E-state index contributed by atoms with van der Waals surface area (Å²) in [6.45, 7) is 1.35. The molecule has 0 aliphatic carbocycles. The Kier molecular flexibility index (Phi) is 4.27. The van der Waals surface area contributed by atoms with Crippen LogP contribution in [0.5, 0.6) is 11.5 Å². The maximum atomic E-state index is 11.0. The summed E-state index contributed by atoms with van der Waals surface area (Å²) in [5, 5.41) is 10.8. The SMILES string of the molecule is CC(=O)Oc1ccc2nc(/N=C/c3ccc(Cl)cc3O)sc2c1. The maximum Gasteiger partial charge on any atom is 0.308 e. The summed E-state index contributed by atoms with van der Waals surface area (Å²) in [6.07, 6.45) is 1.52. The maximum absolute atomic E-state index is 11.0. The van der Waals surface area contributed by atoms with Gasteiger partial charge in [-0.1, -0.05) is 22.9 Å². The van der Waals surface area contributed by atoms with Crippen LogP contribution in [0.2, 0.25) is 5.02 Å². The number of rotatable bonds is 3. The number of aromatic hydroxyl groups is 1. The zero-order valence-corrected chi connectivity index (χ0v) is 13.6. The van der Waals surface area contributed by atoms with E-state index < -0.39 is 0 Å². The summed E-state index contributed by atoms with van der Waals surface area (Å²) in [5.41, 5.74) is 1.31. The molecule has 0 aliphatic heterocycles. The number of ether oxygens (including phenoxy) is 1. The van der Waals surface area contributed by atoms with Gasteiger partial charge in [0.2, 0.25) is 5.13 Å². The Morgan fingerprint density at radius 3 is 2.91 bits per heavy atom. The molecule has 0 bridgehead atoms. The Labute approximate surface area is 140 Å². The van der Waals surface area contributed by atoms with Crippen LogP contribution in [0.3, 0.4) is 0 Å². The van der Waals surface area contributed by atoms with Gasteiger partial charge in [0.25, 0.3) is 0 Å². The molecule has 116 valence electrons. The topological polar surface area (TPSA) is 71.8 Å². The molecular weight excluding hydrogens is 336 g/mol. The number of esters is 1. The third-order valence-electron chi connectivity index (χ3n) is 2.92. The van der Waals surface area contributed by atoms with Crippen LogP contribution in [0.1, 0.15) is 12.5 Å². The van der Waals surface area contributed by atoms with Crippen LogP contribution in [0, 0.1) is 0 Å². The fourth-order valence-corrected chi connectivity index (χ4v) is 2.93. The van der Waals surface area contributed by atoms with E-state index in [1.165, 1.54) is 30.5 Å². The molecule has 7 heteroatoms. The van der Waals surface area contributed by atoms with Crippen LogP contribution < -0.4 is 4.74 Å². The average molecular weight is 347 g/mol. The first kappa shape index (κ1) is 15.5. The number of thiazole rings is 1. The van der Waals surface area contributed by atoms with E-state index in [2.05, 4.69) is 9.98 Å². The van der Waals surface area contributed by atoms with Crippen molar-refractivity contribution in [2.24, 2.45) is 4.99 Å². The zero-order valence-electron chi connectivity index (χ0n) is 12.0. The number of carbonyl (C=O) groups excluding carboxylic acids is 1. The second kappa shape index (κ2) is 6.36. The summed E-state index contributed by atoms with van der Waals surface area (Å²) in [7, 11) is 0. The summed E-state index contributed by atoms with van der Waals surface area (Å²) >= 11 is 7.15. The molecule has 0 atom stereocenters. The van der Waals surface area contributed by atoms with E-state index in [0.29, 0.717) is 21.5 Å². The average Bonchev–Trinajstić information content (AvgIpc) is 2.87. The molecule has 0 spiro atoms. The molecule has 0 unspecified atom stereocenters. The minimum atomic E-state index is -0.370. The molecule has 23 heavy (non-hydrogen) atoms. The number of nitrogens with zero attached hydrogens (tertiary/aromatic N) is 2. The first-order valence-corrected chi connectivity index (χ1v) is 7.82. The number of carbonyl (C=O) groups is 1. The van der Waals surface area contributed by atoms with E-state index in [1.54, 1.807) is 30.3 Å². The Hall–Kier alpha value is -2.44. The normalized spacial score (nSPS) is 11.2. The summed E-state index contributed by atoms with van der Waals surface area (Å²) in [5.74, 6) is 0.157. The van der Waals surface area contributed by atoms with Crippen molar-refractivity contribution in [3.05, 3.63) is 47.0 Å². The van der Waals surface area contributed by atoms with Crippen LogP contribution in [-0.2, 0) is 4.79 Å². The summed E-state index contributed by atoms with van der Waals surface area (Å²) in [4.78, 5) is 19.6. The quantitative estimate of drug-likeness (QED) is 0.435. The number of hydrogen-bond donors (Lipinski definition) is 1. The van der Waals surface area contributed by atoms with Crippen LogP contribution in [0.25, 0.3) is 10.2 Å². The standard InChI is InChI=1S/C16H11ClN2O3S/c1-9(20)22-12-4-5-13-15(7-12)23-16(19-13)18-8-10-2-3-11(17)6-14(10)21/h2-8,21H,1H3/b18-8+. The minimum Gasteiger partial charge on any atom is -0.507 e. The van der Waals surface area contributed by atoms with Crippen molar-refractivity contribution in [2.45, 2.75) is 6.92 Å². The van der Waals surface area contributed by atoms with Crippen molar-refractivity contribution in [3.8, 4) is 11.5 Å². The highest BCUT2D eigenvalue weighted by Crippen LogP contribution is 2.31. The number of aromatic nitrogens is 1. The van der Waals surface area contributed by atoms with Gasteiger partial charge in [0.05, 0.1) is 10.2 Å². The van der Waals surface area contributed by atoms with Crippen LogP contribution in [0.4, 0.5) is 5.13 Å². The largest absolute Gasteiger partial charge is 0.507 e. The van der Waals surface area contributed by atoms with Gasteiger partial charge in [0, 0.05) is 29.8 Å². The molecule has 3 aromatic rings. The van der Waals surface area contributed by atoms with Gasteiger partial charge in [-0.05, 0) is 30.3 Å². The molecule has 1 heterocycles. The highest BCUT2D eigenvalue weighted by atomic mass is 35.5. The lowest BCUT2D eigenvalue weighted by Gasteiger charge is -1.98. The molecule has 0 saturated carbocycles. The lowest BCUT2D eigenvalue weighted by molar-refractivity contribution is -0.131. The van der Waals surface area contributed by atoms with E-state index in [4.69, 9.17) is 16.3 Å². The molecule has 0 aliphatic rings. The Balaban J connectivity index is 1.88. The van der Waals surface area contributed by atoms with Gasteiger partial charge < -0.3 is 9.84 Å². The Morgan fingerprint density at radius 1 is 1.35 bits per heavy atom. The molecule has 0 amide bonds. The number of benzene rings is 2. The molecule has 0 fully saturated rings. The minimum absolute atomic E-state index is 0.0551. The first-order chi connectivity index (χ1) is 11.0. The first-order valence-electron chi connectivity index (χ1n) is 6.63. The number of halogens is 1. The lowest BCUT2D eigenvalue weighted by Crippen LogP contribution is -2.00. The zero-order chi connectivity index (χ0) is 16.4. The number of fused-ring (bicyclic) bond motifs is 1.